The molecule has 0 saturated heterocycles. The molecule has 1 N–H and O–H groups in total. The average molecular weight is 285 g/mol. The molecule has 2 aromatic rings. The molecule has 0 saturated carbocycles. The van der Waals surface area contributed by atoms with E-state index in [1.807, 2.05) is 43.6 Å². The summed E-state index contributed by atoms with van der Waals surface area (Å²) in [6.45, 7) is 4.07. The molecule has 4 heteroatoms. The van der Waals surface area contributed by atoms with Crippen LogP contribution in [-0.2, 0) is 6.54 Å². The maximum atomic E-state index is 5.18. The van der Waals surface area contributed by atoms with E-state index < -0.39 is 0 Å². The van der Waals surface area contributed by atoms with Crippen molar-refractivity contribution in [2.24, 2.45) is 0 Å². The van der Waals surface area contributed by atoms with Gasteiger partial charge in [0.25, 0.3) is 0 Å². The van der Waals surface area contributed by atoms with E-state index in [9.17, 15) is 0 Å². The molecule has 1 aromatic heterocycles. The van der Waals surface area contributed by atoms with Gasteiger partial charge in [-0.1, -0.05) is 13.0 Å². The first kappa shape index (κ1) is 15.3. The molecule has 0 bridgehead atoms. The fourth-order valence-electron chi connectivity index (χ4n) is 2.07. The van der Waals surface area contributed by atoms with E-state index in [2.05, 4.69) is 28.2 Å². The third kappa shape index (κ3) is 4.20. The lowest BCUT2D eigenvalue weighted by Crippen LogP contribution is -2.15. The van der Waals surface area contributed by atoms with Crippen LogP contribution in [0.1, 0.15) is 18.9 Å². The lowest BCUT2D eigenvalue weighted by molar-refractivity contribution is 0.415. The second kappa shape index (κ2) is 7.64. The lowest BCUT2D eigenvalue weighted by Gasteiger charge is -2.18. The molecule has 1 heterocycles. The fraction of sp³-hybridized carbons (Fsp3) is 0.353. The molecule has 4 nitrogen and oxygen atoms in total. The number of methoxy groups -OCH3 is 1. The highest BCUT2D eigenvalue weighted by Crippen LogP contribution is 2.23. The van der Waals surface area contributed by atoms with Crippen LogP contribution in [0.3, 0.4) is 0 Å². The standard InChI is InChI=1S/C17H23N3O/c1-4-11-18-12-14-5-10-17(19-13-14)20(2)15-6-8-16(21-3)9-7-15/h5-10,13,18H,4,11-12H2,1-3H3. The fourth-order valence-corrected chi connectivity index (χ4v) is 2.07. The first-order chi connectivity index (χ1) is 10.2. The Labute approximate surface area is 126 Å². The molecule has 0 aliphatic rings. The van der Waals surface area contributed by atoms with Crippen molar-refractivity contribution in [1.82, 2.24) is 10.3 Å². The van der Waals surface area contributed by atoms with Crippen LogP contribution >= 0.6 is 0 Å². The molecular weight excluding hydrogens is 262 g/mol. The van der Waals surface area contributed by atoms with E-state index in [1.165, 1.54) is 5.56 Å². The van der Waals surface area contributed by atoms with Crippen LogP contribution in [0.2, 0.25) is 0 Å². The predicted octanol–water partition coefficient (Wildman–Crippen LogP) is 3.36. The number of rotatable bonds is 7. The van der Waals surface area contributed by atoms with Gasteiger partial charge < -0.3 is 15.0 Å². The van der Waals surface area contributed by atoms with Crippen molar-refractivity contribution in [3.63, 3.8) is 0 Å². The molecule has 2 rings (SSSR count). The number of aromatic nitrogens is 1. The predicted molar refractivity (Wildman–Crippen MR) is 87.3 cm³/mol. The maximum Gasteiger partial charge on any atom is 0.132 e. The highest BCUT2D eigenvalue weighted by Gasteiger charge is 2.05. The van der Waals surface area contributed by atoms with E-state index in [0.717, 1.165) is 36.8 Å². The Morgan fingerprint density at radius 1 is 1.14 bits per heavy atom. The zero-order valence-corrected chi connectivity index (χ0v) is 13.0. The van der Waals surface area contributed by atoms with Crippen LogP contribution in [0.15, 0.2) is 42.6 Å². The molecule has 0 atom stereocenters. The van der Waals surface area contributed by atoms with Crippen molar-refractivity contribution < 1.29 is 4.74 Å². The molecule has 0 amide bonds. The summed E-state index contributed by atoms with van der Waals surface area (Å²) in [6.07, 6.45) is 3.07. The average Bonchev–Trinajstić information content (AvgIpc) is 2.55. The van der Waals surface area contributed by atoms with Crippen LogP contribution in [0.4, 0.5) is 11.5 Å². The van der Waals surface area contributed by atoms with Gasteiger partial charge in [-0.3, -0.25) is 0 Å². The minimum Gasteiger partial charge on any atom is -0.497 e. The minimum absolute atomic E-state index is 0.859. The van der Waals surface area contributed by atoms with Crippen LogP contribution in [0, 0.1) is 0 Å². The molecule has 0 aliphatic carbocycles. The van der Waals surface area contributed by atoms with Gasteiger partial charge in [0.05, 0.1) is 7.11 Å². The summed E-state index contributed by atoms with van der Waals surface area (Å²) in [5, 5.41) is 3.38. The molecule has 0 unspecified atom stereocenters. The zero-order chi connectivity index (χ0) is 15.1. The van der Waals surface area contributed by atoms with Gasteiger partial charge in [0.15, 0.2) is 0 Å². The number of nitrogens with zero attached hydrogens (tertiary/aromatic N) is 2. The lowest BCUT2D eigenvalue weighted by atomic mass is 10.2. The molecule has 112 valence electrons. The summed E-state index contributed by atoms with van der Waals surface area (Å²) in [7, 11) is 3.69. The zero-order valence-electron chi connectivity index (χ0n) is 13.0. The van der Waals surface area contributed by atoms with Crippen molar-refractivity contribution >= 4 is 11.5 Å². The van der Waals surface area contributed by atoms with E-state index in [-0.39, 0.29) is 0 Å². The molecule has 0 aliphatic heterocycles. The van der Waals surface area contributed by atoms with Crippen molar-refractivity contribution in [3.05, 3.63) is 48.2 Å². The summed E-state index contributed by atoms with van der Waals surface area (Å²) >= 11 is 0. The van der Waals surface area contributed by atoms with Gasteiger partial charge in [-0.25, -0.2) is 4.98 Å². The van der Waals surface area contributed by atoms with Crippen LogP contribution in [0.25, 0.3) is 0 Å². The number of hydrogen-bond donors (Lipinski definition) is 1. The van der Waals surface area contributed by atoms with Gasteiger partial charge in [0.1, 0.15) is 11.6 Å². The Kier molecular flexibility index (Phi) is 5.58. The Balaban J connectivity index is 2.02. The van der Waals surface area contributed by atoms with Gasteiger partial charge in [-0.2, -0.15) is 0 Å². The second-order valence-corrected chi connectivity index (χ2v) is 4.96. The number of benzene rings is 1. The maximum absolute atomic E-state index is 5.18. The SMILES string of the molecule is CCCNCc1ccc(N(C)c2ccc(OC)cc2)nc1. The van der Waals surface area contributed by atoms with Gasteiger partial charge in [0.2, 0.25) is 0 Å². The second-order valence-electron chi connectivity index (χ2n) is 4.96. The molecular formula is C17H23N3O. The largest absolute Gasteiger partial charge is 0.497 e. The number of anilines is 2. The summed E-state index contributed by atoms with van der Waals surface area (Å²) in [6, 6.07) is 12.1. The Bertz CT molecular complexity index is 537. The van der Waals surface area contributed by atoms with Gasteiger partial charge in [-0.05, 0) is 48.9 Å². The van der Waals surface area contributed by atoms with E-state index >= 15 is 0 Å². The highest BCUT2D eigenvalue weighted by molar-refractivity contribution is 5.59. The van der Waals surface area contributed by atoms with E-state index in [4.69, 9.17) is 4.74 Å². The smallest absolute Gasteiger partial charge is 0.132 e. The van der Waals surface area contributed by atoms with Crippen LogP contribution in [-0.4, -0.2) is 25.7 Å². The van der Waals surface area contributed by atoms with Gasteiger partial charge >= 0.3 is 0 Å². The third-order valence-corrected chi connectivity index (χ3v) is 3.37. The topological polar surface area (TPSA) is 37.4 Å². The number of nitrogens with one attached hydrogen (secondary N) is 1. The molecule has 1 aromatic carbocycles. The van der Waals surface area contributed by atoms with Crippen molar-refractivity contribution in [2.75, 3.05) is 25.6 Å². The first-order valence-corrected chi connectivity index (χ1v) is 7.28. The van der Waals surface area contributed by atoms with Gasteiger partial charge in [0, 0.05) is 25.5 Å². The Hall–Kier alpha value is -2.07. The Morgan fingerprint density at radius 3 is 2.48 bits per heavy atom. The van der Waals surface area contributed by atoms with Gasteiger partial charge in [-0.15, -0.1) is 0 Å². The quantitative estimate of drug-likeness (QED) is 0.792. The molecule has 0 radical (unpaired) electrons. The number of pyridine rings is 1. The monoisotopic (exact) mass is 285 g/mol. The minimum atomic E-state index is 0.859. The Morgan fingerprint density at radius 2 is 1.90 bits per heavy atom. The molecule has 0 spiro atoms. The van der Waals surface area contributed by atoms with E-state index in [0.29, 0.717) is 0 Å². The molecule has 21 heavy (non-hydrogen) atoms. The number of ether oxygens (including phenoxy) is 1. The summed E-state index contributed by atoms with van der Waals surface area (Å²) in [4.78, 5) is 6.59. The van der Waals surface area contributed by atoms with E-state index in [1.54, 1.807) is 7.11 Å². The summed E-state index contributed by atoms with van der Waals surface area (Å²) < 4.78 is 5.18. The van der Waals surface area contributed by atoms with Crippen LogP contribution < -0.4 is 15.0 Å². The first-order valence-electron chi connectivity index (χ1n) is 7.28. The highest BCUT2D eigenvalue weighted by atomic mass is 16.5. The van der Waals surface area contributed by atoms with Crippen molar-refractivity contribution in [2.45, 2.75) is 19.9 Å². The van der Waals surface area contributed by atoms with Crippen molar-refractivity contribution in [1.29, 1.82) is 0 Å². The molecule has 0 fully saturated rings. The third-order valence-electron chi connectivity index (χ3n) is 3.37. The summed E-state index contributed by atoms with van der Waals surface area (Å²) in [5.41, 5.74) is 2.29. The van der Waals surface area contributed by atoms with Crippen molar-refractivity contribution in [3.8, 4) is 5.75 Å². The summed E-state index contributed by atoms with van der Waals surface area (Å²) in [5.74, 6) is 1.79. The van der Waals surface area contributed by atoms with Crippen LogP contribution in [0.5, 0.6) is 5.75 Å². The number of hydrogen-bond acceptors (Lipinski definition) is 4. The normalized spacial score (nSPS) is 10.4.